The van der Waals surface area contributed by atoms with E-state index in [0.29, 0.717) is 18.2 Å². The number of fused-ring (bicyclic) bond motifs is 1. The van der Waals surface area contributed by atoms with Crippen molar-refractivity contribution in [3.63, 3.8) is 0 Å². The van der Waals surface area contributed by atoms with E-state index in [1.54, 1.807) is 6.20 Å². The molecule has 0 N–H and O–H groups in total. The van der Waals surface area contributed by atoms with E-state index in [0.717, 1.165) is 22.4 Å². The third kappa shape index (κ3) is 2.29. The Morgan fingerprint density at radius 1 is 1.11 bits per heavy atom. The van der Waals surface area contributed by atoms with E-state index in [4.69, 9.17) is 9.15 Å². The largest absolute Gasteiger partial charge is 0.483 e. The number of oxazole rings is 1. The Morgan fingerprint density at radius 3 is 2.63 bits per heavy atom. The summed E-state index contributed by atoms with van der Waals surface area (Å²) in [6.45, 7) is 4.36. The molecular formula is C15H14N2O2. The van der Waals surface area contributed by atoms with Crippen molar-refractivity contribution in [3.05, 3.63) is 53.5 Å². The highest BCUT2D eigenvalue weighted by molar-refractivity contribution is 5.67. The fraction of sp³-hybridized carbons (Fsp3) is 0.200. The van der Waals surface area contributed by atoms with Crippen molar-refractivity contribution in [2.75, 3.05) is 0 Å². The van der Waals surface area contributed by atoms with Gasteiger partial charge in [-0.15, -0.1) is 0 Å². The van der Waals surface area contributed by atoms with Crippen LogP contribution in [0.15, 0.2) is 40.9 Å². The van der Waals surface area contributed by atoms with Crippen LogP contribution in [0.1, 0.15) is 17.0 Å². The minimum absolute atomic E-state index is 0.308. The third-order valence-corrected chi connectivity index (χ3v) is 2.96. The van der Waals surface area contributed by atoms with E-state index in [2.05, 4.69) is 9.97 Å². The molecule has 3 aromatic rings. The number of hydrogen-bond acceptors (Lipinski definition) is 4. The van der Waals surface area contributed by atoms with Crippen molar-refractivity contribution < 1.29 is 9.15 Å². The molecule has 0 saturated carbocycles. The van der Waals surface area contributed by atoms with Crippen LogP contribution in [-0.4, -0.2) is 9.97 Å². The molecule has 0 fully saturated rings. The van der Waals surface area contributed by atoms with Crippen LogP contribution in [0.4, 0.5) is 0 Å². The van der Waals surface area contributed by atoms with Gasteiger partial charge in [0.1, 0.15) is 11.3 Å². The number of rotatable bonds is 3. The first-order chi connectivity index (χ1) is 9.24. The minimum atomic E-state index is 0.308. The van der Waals surface area contributed by atoms with Crippen molar-refractivity contribution in [1.82, 2.24) is 9.97 Å². The molecule has 0 bridgehead atoms. The number of ether oxygens (including phenoxy) is 1. The van der Waals surface area contributed by atoms with Gasteiger partial charge in [0.05, 0.1) is 0 Å². The molecule has 2 heterocycles. The Hall–Kier alpha value is -2.36. The Kier molecular flexibility index (Phi) is 2.91. The summed E-state index contributed by atoms with van der Waals surface area (Å²) in [5.41, 5.74) is 3.51. The maximum absolute atomic E-state index is 5.80. The van der Waals surface area contributed by atoms with Gasteiger partial charge in [0, 0.05) is 6.20 Å². The number of benzene rings is 1. The fourth-order valence-corrected chi connectivity index (χ4v) is 2.04. The van der Waals surface area contributed by atoms with Crippen molar-refractivity contribution in [1.29, 1.82) is 0 Å². The summed E-state index contributed by atoms with van der Waals surface area (Å²) in [4.78, 5) is 8.44. The average molecular weight is 254 g/mol. The van der Waals surface area contributed by atoms with Crippen LogP contribution in [0.5, 0.6) is 5.75 Å². The van der Waals surface area contributed by atoms with E-state index in [9.17, 15) is 0 Å². The first-order valence-corrected chi connectivity index (χ1v) is 6.13. The average Bonchev–Trinajstić information content (AvgIpc) is 2.81. The molecule has 2 aromatic heterocycles. The van der Waals surface area contributed by atoms with Crippen LogP contribution in [0, 0.1) is 13.8 Å². The topological polar surface area (TPSA) is 48.2 Å². The van der Waals surface area contributed by atoms with Gasteiger partial charge in [0.25, 0.3) is 0 Å². The number of aromatic nitrogens is 2. The molecule has 0 radical (unpaired) electrons. The molecule has 4 heteroatoms. The molecule has 19 heavy (non-hydrogen) atoms. The summed E-state index contributed by atoms with van der Waals surface area (Å²) in [6, 6.07) is 9.77. The van der Waals surface area contributed by atoms with Crippen molar-refractivity contribution in [3.8, 4) is 5.75 Å². The lowest BCUT2D eigenvalue weighted by atomic mass is 10.1. The second-order valence-electron chi connectivity index (χ2n) is 4.44. The number of para-hydroxylation sites is 1. The smallest absolute Gasteiger partial charge is 0.247 e. The van der Waals surface area contributed by atoms with Gasteiger partial charge in [-0.3, -0.25) is 0 Å². The highest BCUT2D eigenvalue weighted by atomic mass is 16.5. The van der Waals surface area contributed by atoms with Crippen molar-refractivity contribution in [2.24, 2.45) is 0 Å². The Bertz CT molecular complexity index is 666. The van der Waals surface area contributed by atoms with Gasteiger partial charge < -0.3 is 9.15 Å². The van der Waals surface area contributed by atoms with Crippen molar-refractivity contribution in [2.45, 2.75) is 20.5 Å². The maximum Gasteiger partial charge on any atom is 0.247 e. The zero-order chi connectivity index (χ0) is 13.2. The first-order valence-electron chi connectivity index (χ1n) is 6.13. The molecule has 0 aliphatic carbocycles. The van der Waals surface area contributed by atoms with Crippen LogP contribution in [0.3, 0.4) is 0 Å². The molecule has 0 spiro atoms. The predicted octanol–water partition coefficient (Wildman–Crippen LogP) is 3.42. The van der Waals surface area contributed by atoms with Crippen LogP contribution < -0.4 is 4.74 Å². The van der Waals surface area contributed by atoms with E-state index in [-0.39, 0.29) is 0 Å². The molecular weight excluding hydrogens is 240 g/mol. The lowest BCUT2D eigenvalue weighted by molar-refractivity contribution is 0.263. The molecule has 0 amide bonds. The van der Waals surface area contributed by atoms with E-state index in [1.807, 2.05) is 44.2 Å². The monoisotopic (exact) mass is 254 g/mol. The normalized spacial score (nSPS) is 10.8. The maximum atomic E-state index is 5.80. The Balaban J connectivity index is 1.82. The van der Waals surface area contributed by atoms with Crippen LogP contribution in [0.2, 0.25) is 0 Å². The van der Waals surface area contributed by atoms with Gasteiger partial charge in [-0.2, -0.15) is 0 Å². The molecule has 0 aliphatic rings. The second kappa shape index (κ2) is 4.72. The number of aryl methyl sites for hydroxylation is 2. The lowest BCUT2D eigenvalue weighted by Crippen LogP contribution is -1.98. The van der Waals surface area contributed by atoms with Gasteiger partial charge in [-0.25, -0.2) is 9.97 Å². The fourth-order valence-electron chi connectivity index (χ4n) is 2.04. The van der Waals surface area contributed by atoms with Gasteiger partial charge in [-0.1, -0.05) is 18.2 Å². The molecule has 4 nitrogen and oxygen atoms in total. The van der Waals surface area contributed by atoms with Crippen molar-refractivity contribution >= 4 is 11.2 Å². The van der Waals surface area contributed by atoms with E-state index < -0.39 is 0 Å². The van der Waals surface area contributed by atoms with Crippen LogP contribution >= 0.6 is 0 Å². The molecule has 0 saturated heterocycles. The summed E-state index contributed by atoms with van der Waals surface area (Å²) >= 11 is 0. The summed E-state index contributed by atoms with van der Waals surface area (Å²) in [7, 11) is 0. The summed E-state index contributed by atoms with van der Waals surface area (Å²) < 4.78 is 11.3. The number of nitrogens with zero attached hydrogens (tertiary/aromatic N) is 2. The Morgan fingerprint density at radius 2 is 1.89 bits per heavy atom. The lowest BCUT2D eigenvalue weighted by Gasteiger charge is -2.09. The molecule has 0 unspecified atom stereocenters. The quantitative estimate of drug-likeness (QED) is 0.718. The van der Waals surface area contributed by atoms with E-state index >= 15 is 0 Å². The Labute approximate surface area is 111 Å². The highest BCUT2D eigenvalue weighted by Gasteiger charge is 2.09. The molecule has 1 aromatic carbocycles. The molecule has 96 valence electrons. The van der Waals surface area contributed by atoms with Crippen LogP contribution in [0.25, 0.3) is 11.2 Å². The molecule has 0 aliphatic heterocycles. The summed E-state index contributed by atoms with van der Waals surface area (Å²) in [6.07, 6.45) is 1.68. The van der Waals surface area contributed by atoms with Gasteiger partial charge in [0.15, 0.2) is 6.61 Å². The minimum Gasteiger partial charge on any atom is -0.483 e. The predicted molar refractivity (Wildman–Crippen MR) is 72.1 cm³/mol. The number of hydrogen-bond donors (Lipinski definition) is 0. The highest BCUT2D eigenvalue weighted by Crippen LogP contribution is 2.23. The summed E-state index contributed by atoms with van der Waals surface area (Å²) in [5.74, 6) is 1.43. The SMILES string of the molecule is Cc1cccc(C)c1OCc1nc2cccnc2o1. The standard InChI is InChI=1S/C15H14N2O2/c1-10-5-3-6-11(2)14(10)18-9-13-17-12-7-4-8-16-15(12)19-13/h3-8H,9H2,1-2H3. The van der Waals surface area contributed by atoms with Gasteiger partial charge in [-0.05, 0) is 37.1 Å². The molecule has 0 atom stereocenters. The zero-order valence-electron chi connectivity index (χ0n) is 10.9. The first kappa shape index (κ1) is 11.7. The van der Waals surface area contributed by atoms with Gasteiger partial charge >= 0.3 is 0 Å². The molecule has 3 rings (SSSR count). The van der Waals surface area contributed by atoms with E-state index in [1.165, 1.54) is 0 Å². The van der Waals surface area contributed by atoms with Gasteiger partial charge in [0.2, 0.25) is 11.6 Å². The van der Waals surface area contributed by atoms with Crippen LogP contribution in [-0.2, 0) is 6.61 Å². The summed E-state index contributed by atoms with van der Waals surface area (Å²) in [5, 5.41) is 0. The second-order valence-corrected chi connectivity index (χ2v) is 4.44. The third-order valence-electron chi connectivity index (χ3n) is 2.96. The number of pyridine rings is 1. The zero-order valence-corrected chi connectivity index (χ0v) is 10.9.